The molecule has 120 valence electrons. The van der Waals surface area contributed by atoms with Crippen molar-refractivity contribution in [2.75, 3.05) is 13.1 Å². The van der Waals surface area contributed by atoms with E-state index in [-0.39, 0.29) is 24.1 Å². The molecule has 0 aliphatic heterocycles. The molecule has 5 heteroatoms. The minimum atomic E-state index is -0.296. The summed E-state index contributed by atoms with van der Waals surface area (Å²) < 4.78 is 13.4. The Balaban J connectivity index is 1.63. The van der Waals surface area contributed by atoms with Gasteiger partial charge in [0, 0.05) is 25.1 Å². The molecule has 0 fully saturated rings. The van der Waals surface area contributed by atoms with Gasteiger partial charge in [-0.15, -0.1) is 0 Å². The number of amides is 2. The Kier molecular flexibility index (Phi) is 6.29. The summed E-state index contributed by atoms with van der Waals surface area (Å²) in [7, 11) is 0. The van der Waals surface area contributed by atoms with E-state index in [4.69, 9.17) is 0 Å². The average molecular weight is 314 g/mol. The Morgan fingerprint density at radius 2 is 1.52 bits per heavy atom. The summed E-state index contributed by atoms with van der Waals surface area (Å²) in [5, 5.41) is 5.43. The molecule has 0 spiro atoms. The maximum absolute atomic E-state index is 13.4. The first-order chi connectivity index (χ1) is 11.2. The monoisotopic (exact) mass is 314 g/mol. The van der Waals surface area contributed by atoms with E-state index in [1.807, 2.05) is 6.07 Å². The van der Waals surface area contributed by atoms with Gasteiger partial charge in [-0.2, -0.15) is 0 Å². The van der Waals surface area contributed by atoms with Gasteiger partial charge in [0.2, 0.25) is 5.91 Å². The SMILES string of the molecule is O=C(CCc1ccccc1F)NCCNC(=O)c1ccccc1. The number of aryl methyl sites for hydroxylation is 1. The van der Waals surface area contributed by atoms with Crippen LogP contribution in [0.25, 0.3) is 0 Å². The van der Waals surface area contributed by atoms with Crippen LogP contribution in [-0.2, 0) is 11.2 Å². The molecule has 2 rings (SSSR count). The smallest absolute Gasteiger partial charge is 0.251 e. The lowest BCUT2D eigenvalue weighted by Gasteiger charge is -2.07. The Labute approximate surface area is 134 Å². The van der Waals surface area contributed by atoms with Gasteiger partial charge in [0.15, 0.2) is 0 Å². The first-order valence-corrected chi connectivity index (χ1v) is 7.50. The molecule has 0 saturated carbocycles. The van der Waals surface area contributed by atoms with Crippen LogP contribution in [0.5, 0.6) is 0 Å². The molecule has 0 saturated heterocycles. The topological polar surface area (TPSA) is 58.2 Å². The van der Waals surface area contributed by atoms with Crippen molar-refractivity contribution in [1.29, 1.82) is 0 Å². The molecule has 0 aliphatic rings. The Bertz CT molecular complexity index is 659. The van der Waals surface area contributed by atoms with Gasteiger partial charge < -0.3 is 10.6 Å². The van der Waals surface area contributed by atoms with Gasteiger partial charge in [0.05, 0.1) is 0 Å². The maximum atomic E-state index is 13.4. The minimum absolute atomic E-state index is 0.165. The number of carbonyl (C=O) groups excluding carboxylic acids is 2. The number of hydrogen-bond donors (Lipinski definition) is 2. The second-order valence-electron chi connectivity index (χ2n) is 5.06. The highest BCUT2D eigenvalue weighted by molar-refractivity contribution is 5.94. The molecule has 2 aromatic carbocycles. The van der Waals surface area contributed by atoms with Crippen molar-refractivity contribution in [3.63, 3.8) is 0 Å². The number of carbonyl (C=O) groups is 2. The lowest BCUT2D eigenvalue weighted by Crippen LogP contribution is -2.34. The van der Waals surface area contributed by atoms with Gasteiger partial charge >= 0.3 is 0 Å². The predicted molar refractivity (Wildman–Crippen MR) is 86.5 cm³/mol. The zero-order valence-corrected chi connectivity index (χ0v) is 12.7. The van der Waals surface area contributed by atoms with Crippen LogP contribution in [0.1, 0.15) is 22.3 Å². The summed E-state index contributed by atoms with van der Waals surface area (Å²) in [5.41, 5.74) is 1.11. The molecular formula is C18H19FN2O2. The average Bonchev–Trinajstić information content (AvgIpc) is 2.58. The van der Waals surface area contributed by atoms with Gasteiger partial charge in [0.1, 0.15) is 5.82 Å². The fourth-order valence-electron chi connectivity index (χ4n) is 2.11. The third-order valence-electron chi connectivity index (χ3n) is 3.35. The molecule has 0 bridgehead atoms. The Hall–Kier alpha value is -2.69. The van der Waals surface area contributed by atoms with Crippen LogP contribution >= 0.6 is 0 Å². The second kappa shape index (κ2) is 8.68. The molecule has 0 aliphatic carbocycles. The van der Waals surface area contributed by atoms with Gasteiger partial charge in [-0.3, -0.25) is 9.59 Å². The molecule has 0 heterocycles. The lowest BCUT2D eigenvalue weighted by atomic mass is 10.1. The van der Waals surface area contributed by atoms with E-state index in [1.54, 1.807) is 42.5 Å². The normalized spacial score (nSPS) is 10.1. The summed E-state index contributed by atoms with van der Waals surface area (Å²) in [5.74, 6) is -0.635. The second-order valence-corrected chi connectivity index (χ2v) is 5.06. The van der Waals surface area contributed by atoms with E-state index < -0.39 is 0 Å². The zero-order valence-electron chi connectivity index (χ0n) is 12.7. The predicted octanol–water partition coefficient (Wildman–Crippen LogP) is 2.30. The first kappa shape index (κ1) is 16.7. The van der Waals surface area contributed by atoms with E-state index in [9.17, 15) is 14.0 Å². The molecule has 0 aromatic heterocycles. The lowest BCUT2D eigenvalue weighted by molar-refractivity contribution is -0.121. The Morgan fingerprint density at radius 1 is 0.870 bits per heavy atom. The minimum Gasteiger partial charge on any atom is -0.354 e. The number of benzene rings is 2. The van der Waals surface area contributed by atoms with Crippen molar-refractivity contribution in [3.8, 4) is 0 Å². The maximum Gasteiger partial charge on any atom is 0.251 e. The van der Waals surface area contributed by atoms with E-state index in [0.29, 0.717) is 30.6 Å². The fraction of sp³-hybridized carbons (Fsp3) is 0.222. The van der Waals surface area contributed by atoms with Crippen molar-refractivity contribution in [2.45, 2.75) is 12.8 Å². The summed E-state index contributed by atoms with van der Waals surface area (Å²) in [6, 6.07) is 15.3. The van der Waals surface area contributed by atoms with Crippen molar-refractivity contribution in [1.82, 2.24) is 10.6 Å². The number of nitrogens with one attached hydrogen (secondary N) is 2. The van der Waals surface area contributed by atoms with E-state index in [0.717, 1.165) is 0 Å². The molecule has 0 unspecified atom stereocenters. The van der Waals surface area contributed by atoms with Gasteiger partial charge in [-0.05, 0) is 30.2 Å². The van der Waals surface area contributed by atoms with Gasteiger partial charge in [-0.25, -0.2) is 4.39 Å². The molecule has 23 heavy (non-hydrogen) atoms. The highest BCUT2D eigenvalue weighted by atomic mass is 19.1. The van der Waals surface area contributed by atoms with E-state index in [2.05, 4.69) is 10.6 Å². The van der Waals surface area contributed by atoms with Crippen molar-refractivity contribution in [3.05, 3.63) is 71.5 Å². The van der Waals surface area contributed by atoms with E-state index in [1.165, 1.54) is 6.07 Å². The van der Waals surface area contributed by atoms with Crippen molar-refractivity contribution in [2.24, 2.45) is 0 Å². The third kappa shape index (κ3) is 5.54. The van der Waals surface area contributed by atoms with Gasteiger partial charge in [-0.1, -0.05) is 36.4 Å². The van der Waals surface area contributed by atoms with Crippen LogP contribution in [0.4, 0.5) is 4.39 Å². The largest absolute Gasteiger partial charge is 0.354 e. The quantitative estimate of drug-likeness (QED) is 0.771. The Morgan fingerprint density at radius 3 is 2.26 bits per heavy atom. The number of hydrogen-bond acceptors (Lipinski definition) is 2. The van der Waals surface area contributed by atoms with Crippen LogP contribution in [0.3, 0.4) is 0 Å². The fourth-order valence-corrected chi connectivity index (χ4v) is 2.11. The molecule has 2 amide bonds. The van der Waals surface area contributed by atoms with E-state index >= 15 is 0 Å². The molecule has 4 nitrogen and oxygen atoms in total. The first-order valence-electron chi connectivity index (χ1n) is 7.50. The van der Waals surface area contributed by atoms with Crippen LogP contribution in [0.2, 0.25) is 0 Å². The molecule has 2 N–H and O–H groups in total. The van der Waals surface area contributed by atoms with Crippen LogP contribution < -0.4 is 10.6 Å². The van der Waals surface area contributed by atoms with Crippen LogP contribution in [0, 0.1) is 5.82 Å². The molecular weight excluding hydrogens is 295 g/mol. The summed E-state index contributed by atoms with van der Waals surface area (Å²) in [6.45, 7) is 0.688. The molecule has 0 radical (unpaired) electrons. The summed E-state index contributed by atoms with van der Waals surface area (Å²) >= 11 is 0. The van der Waals surface area contributed by atoms with Gasteiger partial charge in [0.25, 0.3) is 5.91 Å². The standard InChI is InChI=1S/C18H19FN2O2/c19-16-9-5-4-6-14(16)10-11-17(22)20-12-13-21-18(23)15-7-2-1-3-8-15/h1-9H,10-13H2,(H,20,22)(H,21,23). The molecule has 2 aromatic rings. The van der Waals surface area contributed by atoms with Crippen molar-refractivity contribution >= 4 is 11.8 Å². The highest BCUT2D eigenvalue weighted by Crippen LogP contribution is 2.08. The number of halogens is 1. The number of rotatable bonds is 7. The summed E-state index contributed by atoms with van der Waals surface area (Å²) in [6.07, 6.45) is 0.572. The van der Waals surface area contributed by atoms with Crippen LogP contribution in [0.15, 0.2) is 54.6 Å². The van der Waals surface area contributed by atoms with Crippen LogP contribution in [-0.4, -0.2) is 24.9 Å². The zero-order chi connectivity index (χ0) is 16.5. The molecule has 0 atom stereocenters. The highest BCUT2D eigenvalue weighted by Gasteiger charge is 2.06. The third-order valence-corrected chi connectivity index (χ3v) is 3.35. The van der Waals surface area contributed by atoms with Crippen molar-refractivity contribution < 1.29 is 14.0 Å². The summed E-state index contributed by atoms with van der Waals surface area (Å²) in [4.78, 5) is 23.5.